The normalized spacial score (nSPS) is 13.6. The van der Waals surface area contributed by atoms with Gasteiger partial charge >= 0.3 is 0 Å². The molecule has 1 aliphatic rings. The summed E-state index contributed by atoms with van der Waals surface area (Å²) in [6.07, 6.45) is 2.31. The largest absolute Gasteiger partial charge is 0.497 e. The molecule has 4 rings (SSSR count). The minimum atomic E-state index is 0. The Balaban J connectivity index is 0.00000240. The molecule has 0 radical (unpaired) electrons. The van der Waals surface area contributed by atoms with Crippen LogP contribution in [-0.4, -0.2) is 53.9 Å². The van der Waals surface area contributed by atoms with E-state index in [1.807, 2.05) is 70.4 Å². The molecule has 1 amide bonds. The monoisotopic (exact) mass is 412 g/mol. The molecule has 152 valence electrons. The van der Waals surface area contributed by atoms with Gasteiger partial charge in [-0.1, -0.05) is 18.2 Å². The zero-order valence-electron chi connectivity index (χ0n) is 16.4. The predicted molar refractivity (Wildman–Crippen MR) is 116 cm³/mol. The summed E-state index contributed by atoms with van der Waals surface area (Å²) < 4.78 is 7.11. The fourth-order valence-electron chi connectivity index (χ4n) is 3.43. The number of piperazine rings is 1. The van der Waals surface area contributed by atoms with Crippen molar-refractivity contribution >= 4 is 18.3 Å². The fourth-order valence-corrected chi connectivity index (χ4v) is 3.43. The summed E-state index contributed by atoms with van der Waals surface area (Å²) in [6, 6.07) is 17.7. The molecule has 6 nitrogen and oxygen atoms in total. The first kappa shape index (κ1) is 20.9. The zero-order chi connectivity index (χ0) is 19.3. The van der Waals surface area contributed by atoms with Crippen molar-refractivity contribution in [3.05, 3.63) is 66.4 Å². The molecule has 29 heavy (non-hydrogen) atoms. The lowest BCUT2D eigenvalue weighted by Gasteiger charge is -2.27. The van der Waals surface area contributed by atoms with Crippen LogP contribution in [0, 0.1) is 0 Å². The van der Waals surface area contributed by atoms with Gasteiger partial charge in [-0.15, -0.1) is 12.4 Å². The van der Waals surface area contributed by atoms with Crippen LogP contribution >= 0.6 is 12.4 Å². The van der Waals surface area contributed by atoms with E-state index in [2.05, 4.69) is 5.32 Å². The van der Waals surface area contributed by atoms with Gasteiger partial charge in [0.1, 0.15) is 5.75 Å². The quantitative estimate of drug-likeness (QED) is 0.700. The van der Waals surface area contributed by atoms with Crippen LogP contribution < -0.4 is 10.1 Å². The Morgan fingerprint density at radius 3 is 2.41 bits per heavy atom. The number of carbonyl (C=O) groups is 1. The second kappa shape index (κ2) is 9.58. The molecule has 0 bridgehead atoms. The van der Waals surface area contributed by atoms with E-state index in [1.165, 1.54) is 0 Å². The molecule has 2 heterocycles. The van der Waals surface area contributed by atoms with Crippen LogP contribution in [0.15, 0.2) is 60.8 Å². The first-order chi connectivity index (χ1) is 13.7. The topological polar surface area (TPSA) is 59.4 Å². The van der Waals surface area contributed by atoms with Crippen molar-refractivity contribution < 1.29 is 9.53 Å². The molecule has 7 heteroatoms. The molecule has 1 aromatic heterocycles. The number of benzene rings is 2. The summed E-state index contributed by atoms with van der Waals surface area (Å²) in [5.74, 6) is 0.938. The van der Waals surface area contributed by atoms with Crippen LogP contribution in [0.2, 0.25) is 0 Å². The summed E-state index contributed by atoms with van der Waals surface area (Å²) >= 11 is 0. The molecular formula is C22H25ClN4O2. The number of rotatable bonds is 5. The van der Waals surface area contributed by atoms with E-state index in [4.69, 9.17) is 9.84 Å². The molecule has 1 N–H and O–H groups in total. The Hall–Kier alpha value is -2.83. The third-order valence-electron chi connectivity index (χ3n) is 4.99. The molecule has 3 aromatic rings. The van der Waals surface area contributed by atoms with Gasteiger partial charge in [-0.25, -0.2) is 4.68 Å². The van der Waals surface area contributed by atoms with E-state index in [-0.39, 0.29) is 18.3 Å². The molecule has 0 saturated carbocycles. The highest BCUT2D eigenvalue weighted by atomic mass is 35.5. The number of hydrogen-bond donors (Lipinski definition) is 1. The van der Waals surface area contributed by atoms with Crippen molar-refractivity contribution in [2.45, 2.75) is 6.42 Å². The van der Waals surface area contributed by atoms with E-state index in [0.717, 1.165) is 54.4 Å². The Morgan fingerprint density at radius 1 is 1.07 bits per heavy atom. The lowest BCUT2D eigenvalue weighted by molar-refractivity contribution is -0.131. The number of hydrogen-bond acceptors (Lipinski definition) is 4. The van der Waals surface area contributed by atoms with Gasteiger partial charge in [-0.2, -0.15) is 5.10 Å². The highest BCUT2D eigenvalue weighted by molar-refractivity contribution is 5.85. The first-order valence-electron chi connectivity index (χ1n) is 9.51. The lowest BCUT2D eigenvalue weighted by atomic mass is 10.1. The third-order valence-corrected chi connectivity index (χ3v) is 4.99. The minimum absolute atomic E-state index is 0. The van der Waals surface area contributed by atoms with E-state index in [9.17, 15) is 4.79 Å². The Labute approximate surface area is 176 Å². The number of para-hydroxylation sites is 1. The van der Waals surface area contributed by atoms with Crippen LogP contribution in [0.3, 0.4) is 0 Å². The molecule has 1 aliphatic heterocycles. The summed E-state index contributed by atoms with van der Waals surface area (Å²) in [4.78, 5) is 14.8. The Bertz CT molecular complexity index is 935. The number of methoxy groups -OCH3 is 1. The number of halogens is 1. The molecule has 0 aliphatic carbocycles. The van der Waals surface area contributed by atoms with E-state index >= 15 is 0 Å². The Morgan fingerprint density at radius 2 is 1.76 bits per heavy atom. The van der Waals surface area contributed by atoms with E-state index in [1.54, 1.807) is 7.11 Å². The molecule has 0 spiro atoms. The van der Waals surface area contributed by atoms with Crippen LogP contribution in [0.5, 0.6) is 5.75 Å². The maximum Gasteiger partial charge on any atom is 0.227 e. The number of aromatic nitrogens is 2. The van der Waals surface area contributed by atoms with Gasteiger partial charge in [-0.3, -0.25) is 4.79 Å². The Kier molecular flexibility index (Phi) is 6.90. The van der Waals surface area contributed by atoms with Gasteiger partial charge in [0, 0.05) is 43.5 Å². The number of nitrogens with one attached hydrogen (secondary N) is 1. The van der Waals surface area contributed by atoms with Crippen molar-refractivity contribution in [2.24, 2.45) is 0 Å². The first-order valence-corrected chi connectivity index (χ1v) is 9.51. The average molecular weight is 413 g/mol. The molecule has 0 unspecified atom stereocenters. The van der Waals surface area contributed by atoms with Gasteiger partial charge in [0.25, 0.3) is 0 Å². The highest BCUT2D eigenvalue weighted by Gasteiger charge is 2.20. The van der Waals surface area contributed by atoms with Crippen LogP contribution in [0.1, 0.15) is 5.56 Å². The second-order valence-electron chi connectivity index (χ2n) is 6.82. The smallest absolute Gasteiger partial charge is 0.227 e. The van der Waals surface area contributed by atoms with Crippen LogP contribution in [0.4, 0.5) is 0 Å². The van der Waals surface area contributed by atoms with Gasteiger partial charge in [0.05, 0.1) is 24.9 Å². The van der Waals surface area contributed by atoms with E-state index in [0.29, 0.717) is 6.42 Å². The number of ether oxygens (including phenoxy) is 1. The molecule has 0 atom stereocenters. The van der Waals surface area contributed by atoms with Crippen molar-refractivity contribution in [3.63, 3.8) is 0 Å². The third kappa shape index (κ3) is 4.78. The number of amides is 1. The molecule has 1 fully saturated rings. The van der Waals surface area contributed by atoms with Gasteiger partial charge in [0.2, 0.25) is 5.91 Å². The van der Waals surface area contributed by atoms with Crippen molar-refractivity contribution in [1.29, 1.82) is 0 Å². The van der Waals surface area contributed by atoms with Crippen LogP contribution in [0.25, 0.3) is 16.9 Å². The lowest BCUT2D eigenvalue weighted by Crippen LogP contribution is -2.46. The predicted octanol–water partition coefficient (Wildman–Crippen LogP) is 2.94. The number of nitrogens with zero attached hydrogens (tertiary/aromatic N) is 3. The minimum Gasteiger partial charge on any atom is -0.497 e. The van der Waals surface area contributed by atoms with Gasteiger partial charge in [0.15, 0.2) is 0 Å². The summed E-state index contributed by atoms with van der Waals surface area (Å²) in [7, 11) is 1.65. The summed E-state index contributed by atoms with van der Waals surface area (Å²) in [5, 5.41) is 8.08. The maximum absolute atomic E-state index is 12.8. The van der Waals surface area contributed by atoms with Crippen molar-refractivity contribution in [3.8, 4) is 22.7 Å². The maximum atomic E-state index is 12.8. The zero-order valence-corrected chi connectivity index (χ0v) is 17.2. The summed E-state index contributed by atoms with van der Waals surface area (Å²) in [5.41, 5.74) is 3.70. The van der Waals surface area contributed by atoms with Gasteiger partial charge in [-0.05, 0) is 36.4 Å². The van der Waals surface area contributed by atoms with Crippen molar-refractivity contribution in [1.82, 2.24) is 20.0 Å². The molecule has 2 aromatic carbocycles. The number of carbonyl (C=O) groups excluding carboxylic acids is 1. The molecular weight excluding hydrogens is 388 g/mol. The van der Waals surface area contributed by atoms with Crippen molar-refractivity contribution in [2.75, 3.05) is 33.3 Å². The van der Waals surface area contributed by atoms with E-state index < -0.39 is 0 Å². The average Bonchev–Trinajstić information content (AvgIpc) is 3.19. The SMILES string of the molecule is COc1ccc(-c2nn(-c3ccccc3)cc2CC(=O)N2CCNCC2)cc1.Cl. The fraction of sp³-hybridized carbons (Fsp3) is 0.273. The second-order valence-corrected chi connectivity index (χ2v) is 6.82. The van der Waals surface area contributed by atoms with Crippen LogP contribution in [-0.2, 0) is 11.2 Å². The van der Waals surface area contributed by atoms with Gasteiger partial charge < -0.3 is 15.0 Å². The standard InChI is InChI=1S/C22H24N4O2.ClH/c1-28-20-9-7-17(8-10-20)22-18(15-21(27)25-13-11-23-12-14-25)16-26(24-22)19-5-3-2-4-6-19;/h2-10,16,23H,11-15H2,1H3;1H. The highest BCUT2D eigenvalue weighted by Crippen LogP contribution is 2.26. The molecule has 1 saturated heterocycles. The summed E-state index contributed by atoms with van der Waals surface area (Å²) in [6.45, 7) is 3.20.